The van der Waals surface area contributed by atoms with Crippen LogP contribution in [0.3, 0.4) is 0 Å². The lowest BCUT2D eigenvalue weighted by Gasteiger charge is -2.33. The minimum absolute atomic E-state index is 0.457. The highest BCUT2D eigenvalue weighted by atomic mass is 32.2. The van der Waals surface area contributed by atoms with Crippen LogP contribution in [-0.4, -0.2) is 81.5 Å². The molecule has 1 N–H and O–H groups in total. The second-order valence-electron chi connectivity index (χ2n) is 10.2. The van der Waals surface area contributed by atoms with Gasteiger partial charge in [0.15, 0.2) is 0 Å². The van der Waals surface area contributed by atoms with Crippen LogP contribution in [0.2, 0.25) is 0 Å². The Kier molecular flexibility index (Phi) is 8.05. The molecule has 2 fully saturated rings. The summed E-state index contributed by atoms with van der Waals surface area (Å²) in [5.74, 6) is 2.50. The predicted octanol–water partition coefficient (Wildman–Crippen LogP) is 1.42. The zero-order chi connectivity index (χ0) is 25.0. The molecule has 196 valence electrons. The van der Waals surface area contributed by atoms with E-state index in [1.165, 1.54) is 40.3 Å². The van der Waals surface area contributed by atoms with E-state index in [1.54, 1.807) is 0 Å². The molecule has 9 nitrogen and oxygen atoms in total. The van der Waals surface area contributed by atoms with Crippen LogP contribution in [-0.2, 0) is 27.7 Å². The van der Waals surface area contributed by atoms with E-state index in [4.69, 9.17) is 9.47 Å². The SMILES string of the molecule is CS(=O)(=O)N1CCc2cc(OCCCC3CCN(c4cnc([NH+]5CCOCC5)nc4)CC3)ccc2C1. The Bertz CT molecular complexity index is 1110. The maximum atomic E-state index is 11.8. The van der Waals surface area contributed by atoms with Crippen LogP contribution >= 0.6 is 0 Å². The molecule has 1 aromatic carbocycles. The number of anilines is 1. The molecule has 0 spiro atoms. The molecule has 5 rings (SSSR count). The number of morpholine rings is 1. The molecule has 0 aliphatic carbocycles. The minimum atomic E-state index is -3.14. The number of nitrogens with one attached hydrogen (secondary N) is 1. The van der Waals surface area contributed by atoms with Gasteiger partial charge in [0.2, 0.25) is 10.0 Å². The van der Waals surface area contributed by atoms with Crippen LogP contribution in [0.4, 0.5) is 11.6 Å². The van der Waals surface area contributed by atoms with Crippen molar-refractivity contribution in [2.75, 3.05) is 63.7 Å². The molecule has 0 amide bonds. The Balaban J connectivity index is 1.02. The van der Waals surface area contributed by atoms with E-state index >= 15 is 0 Å². The van der Waals surface area contributed by atoms with E-state index in [9.17, 15) is 8.42 Å². The van der Waals surface area contributed by atoms with E-state index in [0.717, 1.165) is 81.1 Å². The minimum Gasteiger partial charge on any atom is -0.494 e. The van der Waals surface area contributed by atoms with E-state index in [2.05, 4.69) is 20.9 Å². The number of benzene rings is 1. The van der Waals surface area contributed by atoms with Crippen LogP contribution in [0.1, 0.15) is 36.8 Å². The number of aromatic nitrogens is 2. The van der Waals surface area contributed by atoms with E-state index < -0.39 is 10.0 Å². The van der Waals surface area contributed by atoms with Gasteiger partial charge in [0.05, 0.1) is 44.2 Å². The van der Waals surface area contributed by atoms with Gasteiger partial charge < -0.3 is 14.4 Å². The molecule has 0 atom stereocenters. The Morgan fingerprint density at radius 3 is 2.56 bits per heavy atom. The Labute approximate surface area is 214 Å². The predicted molar refractivity (Wildman–Crippen MR) is 138 cm³/mol. The highest BCUT2D eigenvalue weighted by Gasteiger charge is 2.24. The molecule has 0 unspecified atom stereocenters. The number of piperidine rings is 1. The van der Waals surface area contributed by atoms with Crippen molar-refractivity contribution in [1.82, 2.24) is 14.3 Å². The lowest BCUT2D eigenvalue weighted by atomic mass is 9.92. The Morgan fingerprint density at radius 2 is 1.83 bits per heavy atom. The summed E-state index contributed by atoms with van der Waals surface area (Å²) in [5.41, 5.74) is 3.40. The van der Waals surface area contributed by atoms with Gasteiger partial charge in [-0.25, -0.2) is 8.42 Å². The maximum absolute atomic E-state index is 11.8. The topological polar surface area (TPSA) is 89.3 Å². The molecule has 4 heterocycles. The lowest BCUT2D eigenvalue weighted by molar-refractivity contribution is -0.847. The van der Waals surface area contributed by atoms with Crippen LogP contribution in [0.15, 0.2) is 30.6 Å². The van der Waals surface area contributed by atoms with Crippen molar-refractivity contribution in [2.45, 2.75) is 38.6 Å². The number of hydrogen-bond acceptors (Lipinski definition) is 7. The fourth-order valence-electron chi connectivity index (χ4n) is 5.43. The van der Waals surface area contributed by atoms with E-state index in [1.807, 2.05) is 24.5 Å². The number of quaternary nitrogens is 1. The lowest BCUT2D eigenvalue weighted by Crippen LogP contribution is -3.10. The average molecular weight is 517 g/mol. The molecule has 36 heavy (non-hydrogen) atoms. The van der Waals surface area contributed by atoms with Gasteiger partial charge in [0, 0.05) is 26.2 Å². The van der Waals surface area contributed by atoms with Gasteiger partial charge in [0.1, 0.15) is 18.8 Å². The fourth-order valence-corrected chi connectivity index (χ4v) is 6.22. The number of sulfonamides is 1. The third kappa shape index (κ3) is 6.34. The number of ether oxygens (including phenoxy) is 2. The summed E-state index contributed by atoms with van der Waals surface area (Å²) in [6, 6.07) is 6.06. The van der Waals surface area contributed by atoms with Gasteiger partial charge in [-0.3, -0.25) is 4.90 Å². The molecule has 0 saturated carbocycles. The first kappa shape index (κ1) is 25.4. The molecule has 2 aromatic rings. The van der Waals surface area contributed by atoms with E-state index in [-0.39, 0.29) is 0 Å². The van der Waals surface area contributed by atoms with Gasteiger partial charge in [-0.05, 0) is 61.3 Å². The summed E-state index contributed by atoms with van der Waals surface area (Å²) in [5, 5.41) is 0. The first-order chi connectivity index (χ1) is 17.5. The molecule has 0 radical (unpaired) electrons. The number of nitrogens with zero attached hydrogens (tertiary/aromatic N) is 4. The van der Waals surface area contributed by atoms with Crippen molar-refractivity contribution < 1.29 is 22.8 Å². The highest BCUT2D eigenvalue weighted by molar-refractivity contribution is 7.88. The van der Waals surface area contributed by atoms with Crippen molar-refractivity contribution in [3.05, 3.63) is 41.7 Å². The highest BCUT2D eigenvalue weighted by Crippen LogP contribution is 2.27. The first-order valence-corrected chi connectivity index (χ1v) is 15.0. The zero-order valence-electron chi connectivity index (χ0n) is 21.2. The second kappa shape index (κ2) is 11.4. The van der Waals surface area contributed by atoms with Gasteiger partial charge in [-0.15, -0.1) is 0 Å². The van der Waals surface area contributed by atoms with Gasteiger partial charge in [-0.1, -0.05) is 6.07 Å². The molecule has 0 bridgehead atoms. The number of hydrogen-bond donors (Lipinski definition) is 1. The summed E-state index contributed by atoms with van der Waals surface area (Å²) in [4.78, 5) is 13.0. The zero-order valence-corrected chi connectivity index (χ0v) is 22.0. The van der Waals surface area contributed by atoms with Crippen molar-refractivity contribution in [3.63, 3.8) is 0 Å². The van der Waals surface area contributed by atoms with Crippen LogP contribution in [0, 0.1) is 5.92 Å². The summed E-state index contributed by atoms with van der Waals surface area (Å²) >= 11 is 0. The molecule has 1 aromatic heterocycles. The van der Waals surface area contributed by atoms with Gasteiger partial charge in [-0.2, -0.15) is 14.3 Å². The summed E-state index contributed by atoms with van der Waals surface area (Å²) in [7, 11) is -3.14. The maximum Gasteiger partial charge on any atom is 0.327 e. The summed E-state index contributed by atoms with van der Waals surface area (Å²) in [6.45, 7) is 7.24. The average Bonchev–Trinajstić information content (AvgIpc) is 2.91. The molecular formula is C26H38N5O4S+. The Hall–Kier alpha value is -2.27. The molecule has 3 aliphatic rings. The van der Waals surface area contributed by atoms with E-state index in [0.29, 0.717) is 19.7 Å². The molecule has 3 aliphatic heterocycles. The molecule has 10 heteroatoms. The molecular weight excluding hydrogens is 478 g/mol. The smallest absolute Gasteiger partial charge is 0.327 e. The number of fused-ring (bicyclic) bond motifs is 1. The van der Waals surface area contributed by atoms with Crippen LogP contribution < -0.4 is 14.5 Å². The largest absolute Gasteiger partial charge is 0.494 e. The van der Waals surface area contributed by atoms with Crippen LogP contribution in [0.5, 0.6) is 5.75 Å². The van der Waals surface area contributed by atoms with Crippen molar-refractivity contribution >= 4 is 21.7 Å². The molecule has 2 saturated heterocycles. The quantitative estimate of drug-likeness (QED) is 0.531. The normalized spacial score (nSPS) is 20.3. The van der Waals surface area contributed by atoms with Gasteiger partial charge >= 0.3 is 5.95 Å². The first-order valence-electron chi connectivity index (χ1n) is 13.2. The summed E-state index contributed by atoms with van der Waals surface area (Å²) in [6.07, 6.45) is 10.6. The van der Waals surface area contributed by atoms with Crippen molar-refractivity contribution in [2.24, 2.45) is 5.92 Å². The van der Waals surface area contributed by atoms with Crippen molar-refractivity contribution in [3.8, 4) is 5.75 Å². The van der Waals surface area contributed by atoms with Crippen LogP contribution in [0.25, 0.3) is 0 Å². The fraction of sp³-hybridized carbons (Fsp3) is 0.615. The second-order valence-corrected chi connectivity index (χ2v) is 12.2. The van der Waals surface area contributed by atoms with Gasteiger partial charge in [0.25, 0.3) is 0 Å². The third-order valence-electron chi connectivity index (χ3n) is 7.68. The van der Waals surface area contributed by atoms with Crippen molar-refractivity contribution in [1.29, 1.82) is 0 Å². The summed E-state index contributed by atoms with van der Waals surface area (Å²) < 4.78 is 36.6. The Morgan fingerprint density at radius 1 is 1.08 bits per heavy atom. The standard InChI is InChI=1S/C26H37N5O4S/c1-36(32,33)31-11-8-22-17-25(5-4-23(22)20-31)35-14-2-3-21-6-9-29(10-7-21)24-18-27-26(28-19-24)30-12-15-34-16-13-30/h4-5,17-19,21H,2-3,6-16,20H2,1H3/p+1. The monoisotopic (exact) mass is 516 g/mol. The third-order valence-corrected chi connectivity index (χ3v) is 8.93. The number of rotatable bonds is 8.